The molecule has 5 aromatic rings. The van der Waals surface area contributed by atoms with Crippen LogP contribution in [0.5, 0.6) is 0 Å². The Bertz CT molecular complexity index is 1720. The van der Waals surface area contributed by atoms with Crippen LogP contribution in [-0.4, -0.2) is 122 Å². The first-order valence-corrected chi connectivity index (χ1v) is 23.2. The molecule has 0 radical (unpaired) electrons. The van der Waals surface area contributed by atoms with E-state index in [0.29, 0.717) is 0 Å². The van der Waals surface area contributed by atoms with Crippen molar-refractivity contribution in [3.8, 4) is 11.1 Å². The molecule has 0 N–H and O–H groups in total. The van der Waals surface area contributed by atoms with Crippen LogP contribution in [0.4, 0.5) is 0 Å². The average molecular weight is 917 g/mol. The number of hydrogen-bond donors (Lipinski definition) is 0. The fraction of sp³-hybridized carbons (Fsp3) is 0.458. The molecule has 5 aliphatic heterocycles. The second kappa shape index (κ2) is 26.1. The van der Waals surface area contributed by atoms with Crippen molar-refractivity contribution < 1.29 is 47.7 Å². The summed E-state index contributed by atoms with van der Waals surface area (Å²) in [5, 5.41) is 8.69. The number of rotatable bonds is 1. The molecule has 8 heteroatoms. The number of hydrogen-bond acceptors (Lipinski definition) is 5. The number of halogens is 1. The van der Waals surface area contributed by atoms with Gasteiger partial charge in [0, 0.05) is 66.1 Å². The van der Waals surface area contributed by atoms with Crippen LogP contribution in [0.3, 0.4) is 0 Å². The number of ether oxygens (including phenoxy) is 5. The topological polar surface area (TPSA) is 46.2 Å². The van der Waals surface area contributed by atoms with E-state index in [1.54, 1.807) is 10.6 Å². The van der Waals surface area contributed by atoms with Gasteiger partial charge in [-0.1, -0.05) is 90.4 Å². The van der Waals surface area contributed by atoms with Crippen molar-refractivity contribution in [2.45, 2.75) is 64.2 Å². The minimum atomic E-state index is -1.63. The van der Waals surface area contributed by atoms with E-state index in [4.69, 9.17) is 23.7 Å². The maximum absolute atomic E-state index is 4.94. The molecule has 0 aromatic heterocycles. The summed E-state index contributed by atoms with van der Waals surface area (Å²) in [7, 11) is 0. The maximum Gasteiger partial charge on any atom is 2.00 e. The van der Waals surface area contributed by atoms with E-state index in [1.165, 1.54) is 108 Å². The van der Waals surface area contributed by atoms with Crippen LogP contribution in [0.1, 0.15) is 75.3 Å². The van der Waals surface area contributed by atoms with E-state index in [2.05, 4.69) is 110 Å². The molecule has 5 heterocycles. The Kier molecular flexibility index (Phi) is 22.2. The van der Waals surface area contributed by atoms with Gasteiger partial charge in [-0.05, 0) is 105 Å². The zero-order chi connectivity index (χ0) is 37.3. The van der Waals surface area contributed by atoms with E-state index < -0.39 is 6.89 Å². The van der Waals surface area contributed by atoms with Gasteiger partial charge in [-0.2, -0.15) is 0 Å². The first kappa shape index (κ1) is 47.5. The van der Waals surface area contributed by atoms with Gasteiger partial charge in [0.1, 0.15) is 0 Å². The summed E-state index contributed by atoms with van der Waals surface area (Å²) in [6, 6.07) is 35.8. The summed E-state index contributed by atoms with van der Waals surface area (Å²) < 4.78 is 24.7. The molecule has 5 aromatic carbocycles. The van der Waals surface area contributed by atoms with E-state index in [1.807, 2.05) is 0 Å². The fourth-order valence-electron chi connectivity index (χ4n) is 7.86. The molecule has 56 heavy (non-hydrogen) atoms. The molecule has 0 bridgehead atoms. The van der Waals surface area contributed by atoms with Crippen molar-refractivity contribution in [3.05, 3.63) is 108 Å². The maximum atomic E-state index is 4.94. The molecule has 5 nitrogen and oxygen atoms in total. The monoisotopic (exact) mass is 916 g/mol. The predicted molar refractivity (Wildman–Crippen MR) is 237 cm³/mol. The van der Waals surface area contributed by atoms with E-state index >= 15 is 0 Å². The summed E-state index contributed by atoms with van der Waals surface area (Å²) in [4.78, 5) is 0. The molecule has 0 atom stereocenters. The molecule has 298 valence electrons. The summed E-state index contributed by atoms with van der Waals surface area (Å²) in [5.41, 5.74) is 5.60. The Hall–Kier alpha value is -1.16. The number of benzene rings is 4. The van der Waals surface area contributed by atoms with Gasteiger partial charge in [-0.15, -0.1) is 40.4 Å². The minimum Gasteiger partial charge on any atom is -1.00 e. The molecule has 5 fully saturated rings. The van der Waals surface area contributed by atoms with Crippen LogP contribution in [0.25, 0.3) is 32.7 Å². The van der Waals surface area contributed by atoms with Crippen LogP contribution < -0.4 is 29.3 Å². The second-order valence-corrected chi connectivity index (χ2v) is 18.7. The van der Waals surface area contributed by atoms with Crippen LogP contribution in [-0.2, 0) is 23.7 Å². The summed E-state index contributed by atoms with van der Waals surface area (Å²) >= 11 is 0. The van der Waals surface area contributed by atoms with Gasteiger partial charge in [-0.3, -0.25) is 0 Å². The second-order valence-electron chi connectivity index (χ2n) is 14.9. The summed E-state index contributed by atoms with van der Waals surface area (Å²) in [5.74, 6) is 0. The minimum absolute atomic E-state index is 0. The Balaban J connectivity index is 0.000000206. The van der Waals surface area contributed by atoms with Crippen LogP contribution >= 0.6 is 6.89 Å². The van der Waals surface area contributed by atoms with E-state index in [0.717, 1.165) is 66.1 Å². The SMILES string of the molecule is C1CCOC1.C1CCOC1.C1CCOC1.C1CCOC1.C1CCOC1.CP(C)(=C1c2ccccc2-c2ccccc21)c1c2ccccc2c2cccc[c-]12.[Ca+2].[I-]. The molecule has 0 amide bonds. The Morgan fingerprint density at radius 2 is 0.732 bits per heavy atom. The quantitative estimate of drug-likeness (QED) is 0.0743. The predicted octanol–water partition coefficient (Wildman–Crippen LogP) is 7.47. The van der Waals surface area contributed by atoms with Gasteiger partial charge in [-0.25, -0.2) is 0 Å². The van der Waals surface area contributed by atoms with Crippen molar-refractivity contribution in [1.29, 1.82) is 0 Å². The van der Waals surface area contributed by atoms with E-state index in [9.17, 15) is 0 Å². The molecule has 5 saturated heterocycles. The van der Waals surface area contributed by atoms with Crippen molar-refractivity contribution in [2.75, 3.05) is 79.4 Å². The van der Waals surface area contributed by atoms with Gasteiger partial charge in [0.05, 0.1) is 0 Å². The van der Waals surface area contributed by atoms with Crippen molar-refractivity contribution >= 4 is 76.8 Å². The molecule has 11 rings (SSSR count). The molecule has 0 unspecified atom stereocenters. The molecular formula is C48H62CaIO5P. The standard InChI is InChI=1S/C28H22P.5C4H8O.Ca.HI/c1-29(2,27-23-15-7-3-11-19(23)20-12-4-8-16-24(20)27)28-25-17-9-5-13-21(25)22-14-6-10-18-26(22)28;5*1-2-4-5-3-1;;/h3-18H,1-2H3;5*1-4H2;;1H/q-1;;;;;;+2;/p-1. The molecule has 1 aliphatic carbocycles. The number of fused-ring (bicyclic) bond motifs is 6. The van der Waals surface area contributed by atoms with Crippen LogP contribution in [0, 0.1) is 0 Å². The first-order chi connectivity index (χ1) is 26.7. The van der Waals surface area contributed by atoms with Crippen molar-refractivity contribution in [2.24, 2.45) is 0 Å². The molecule has 6 aliphatic rings. The summed E-state index contributed by atoms with van der Waals surface area (Å²) in [6.45, 7) is 13.4. The van der Waals surface area contributed by atoms with Gasteiger partial charge in [0.2, 0.25) is 0 Å². The first-order valence-electron chi connectivity index (χ1n) is 20.5. The molecule has 0 spiro atoms. The van der Waals surface area contributed by atoms with E-state index in [-0.39, 0.29) is 61.7 Å². The van der Waals surface area contributed by atoms with Crippen LogP contribution in [0.15, 0.2) is 97.1 Å². The Morgan fingerprint density at radius 3 is 1.09 bits per heavy atom. The van der Waals surface area contributed by atoms with Gasteiger partial charge in [0.15, 0.2) is 0 Å². The third-order valence-electron chi connectivity index (χ3n) is 10.6. The zero-order valence-electron chi connectivity index (χ0n) is 34.0. The van der Waals surface area contributed by atoms with Gasteiger partial charge < -0.3 is 47.7 Å². The fourth-order valence-corrected chi connectivity index (χ4v) is 11.3. The van der Waals surface area contributed by atoms with Gasteiger partial charge in [0.25, 0.3) is 0 Å². The smallest absolute Gasteiger partial charge is 1.00 e. The third-order valence-corrected chi connectivity index (χ3v) is 13.8. The zero-order valence-corrected chi connectivity index (χ0v) is 39.2. The average Bonchev–Trinajstić information content (AvgIpc) is 4.08. The molecular weight excluding hydrogens is 854 g/mol. The third kappa shape index (κ3) is 13.2. The normalized spacial score (nSPS) is 17.5. The molecule has 0 saturated carbocycles. The Labute approximate surface area is 383 Å². The summed E-state index contributed by atoms with van der Waals surface area (Å²) in [6.07, 6.45) is 12.8. The largest absolute Gasteiger partial charge is 2.00 e. The van der Waals surface area contributed by atoms with Crippen molar-refractivity contribution in [3.63, 3.8) is 0 Å². The van der Waals surface area contributed by atoms with Crippen molar-refractivity contribution in [1.82, 2.24) is 0 Å². The van der Waals surface area contributed by atoms with Gasteiger partial charge >= 0.3 is 37.7 Å². The van der Waals surface area contributed by atoms with Crippen LogP contribution in [0.2, 0.25) is 0 Å². The Morgan fingerprint density at radius 1 is 0.411 bits per heavy atom.